The Hall–Kier alpha value is -1.17. The van der Waals surface area contributed by atoms with Crippen molar-refractivity contribution >= 4 is 0 Å². The van der Waals surface area contributed by atoms with E-state index in [2.05, 4.69) is 10.3 Å². The summed E-state index contributed by atoms with van der Waals surface area (Å²) < 4.78 is 0. The zero-order chi connectivity index (χ0) is 10.2. The molecule has 0 radical (unpaired) electrons. The van der Waals surface area contributed by atoms with Crippen molar-refractivity contribution in [1.29, 1.82) is 0 Å². The average molecular weight is 197 g/mol. The maximum absolute atomic E-state index is 10.2. The van der Waals surface area contributed by atoms with E-state index in [4.69, 9.17) is 5.21 Å². The highest BCUT2D eigenvalue weighted by atomic mass is 16.5. The van der Waals surface area contributed by atoms with E-state index in [1.165, 1.54) is 11.1 Å². The third-order valence-electron chi connectivity index (χ3n) is 1.77. The van der Waals surface area contributed by atoms with Crippen LogP contribution in [0.1, 0.15) is 0 Å². The summed E-state index contributed by atoms with van der Waals surface area (Å²) in [5.41, 5.74) is -0.0532. The van der Waals surface area contributed by atoms with Gasteiger partial charge in [0.2, 0.25) is 5.56 Å². The summed E-state index contributed by atoms with van der Waals surface area (Å²) in [7, 11) is 0. The van der Waals surface area contributed by atoms with E-state index in [1.807, 2.05) is 0 Å². The second kappa shape index (κ2) is 6.31. The van der Waals surface area contributed by atoms with Gasteiger partial charge in [-0.15, -0.1) is 0 Å². The summed E-state index contributed by atoms with van der Waals surface area (Å²) in [5, 5.41) is 13.1. The Labute approximate surface area is 82.3 Å². The molecule has 1 aromatic rings. The monoisotopic (exact) mass is 197 g/mol. The van der Waals surface area contributed by atoms with Gasteiger partial charge in [0.25, 0.3) is 0 Å². The normalized spacial score (nSPS) is 16.9. The van der Waals surface area contributed by atoms with Crippen LogP contribution < -0.4 is 10.9 Å². The third kappa shape index (κ3) is 4.76. The molecule has 3 N–H and O–H groups in total. The Morgan fingerprint density at radius 2 is 2.00 bits per heavy atom. The van der Waals surface area contributed by atoms with Crippen molar-refractivity contribution in [2.45, 2.75) is 0 Å². The van der Waals surface area contributed by atoms with E-state index < -0.39 is 0 Å². The number of aromatic amines is 1. The van der Waals surface area contributed by atoms with Gasteiger partial charge in [0.15, 0.2) is 0 Å². The highest BCUT2D eigenvalue weighted by molar-refractivity contribution is 4.89. The van der Waals surface area contributed by atoms with E-state index in [0.29, 0.717) is 0 Å². The second-order valence-corrected chi connectivity index (χ2v) is 2.93. The largest absolute Gasteiger partial charge is 0.329 e. The topological polar surface area (TPSA) is 68.4 Å². The molecule has 1 aliphatic rings. The van der Waals surface area contributed by atoms with Crippen LogP contribution >= 0.6 is 0 Å². The molecule has 2 heterocycles. The van der Waals surface area contributed by atoms with Crippen LogP contribution in [0, 0.1) is 0 Å². The number of nitrogens with zero attached hydrogens (tertiary/aromatic N) is 1. The number of piperazine rings is 1. The third-order valence-corrected chi connectivity index (χ3v) is 1.77. The minimum atomic E-state index is -0.0532. The molecule has 14 heavy (non-hydrogen) atoms. The van der Waals surface area contributed by atoms with Gasteiger partial charge in [-0.05, 0) is 6.07 Å². The Bertz CT molecular complexity index is 277. The SMILES string of the molecule is O=c1cccc[nH]1.ON1CCNCC1. The van der Waals surface area contributed by atoms with Crippen molar-refractivity contribution in [3.05, 3.63) is 34.7 Å². The molecule has 0 spiro atoms. The summed E-state index contributed by atoms with van der Waals surface area (Å²) in [5.74, 6) is 0. The van der Waals surface area contributed by atoms with E-state index in [9.17, 15) is 4.79 Å². The van der Waals surface area contributed by atoms with Gasteiger partial charge in [-0.2, -0.15) is 5.06 Å². The van der Waals surface area contributed by atoms with Crippen LogP contribution in [-0.2, 0) is 0 Å². The predicted octanol–water partition coefficient (Wildman–Crippen LogP) is -0.344. The van der Waals surface area contributed by atoms with Gasteiger partial charge >= 0.3 is 0 Å². The lowest BCUT2D eigenvalue weighted by Gasteiger charge is -2.19. The molecular formula is C9H15N3O2. The fourth-order valence-electron chi connectivity index (χ4n) is 1.03. The van der Waals surface area contributed by atoms with E-state index in [0.717, 1.165) is 26.2 Å². The van der Waals surface area contributed by atoms with E-state index in [-0.39, 0.29) is 5.56 Å². The van der Waals surface area contributed by atoms with Gasteiger partial charge in [0.1, 0.15) is 0 Å². The highest BCUT2D eigenvalue weighted by Gasteiger charge is 2.03. The van der Waals surface area contributed by atoms with Gasteiger partial charge in [-0.1, -0.05) is 6.07 Å². The number of aromatic nitrogens is 1. The van der Waals surface area contributed by atoms with Crippen LogP contribution in [0.3, 0.4) is 0 Å². The number of hydrogen-bond acceptors (Lipinski definition) is 4. The molecule has 2 rings (SSSR count). The van der Waals surface area contributed by atoms with Crippen LogP contribution in [0.2, 0.25) is 0 Å². The maximum Gasteiger partial charge on any atom is 0.247 e. The predicted molar refractivity (Wildman–Crippen MR) is 53.3 cm³/mol. The molecule has 0 unspecified atom stereocenters. The van der Waals surface area contributed by atoms with Crippen LogP contribution in [0.25, 0.3) is 0 Å². The first kappa shape index (κ1) is 10.9. The summed E-state index contributed by atoms with van der Waals surface area (Å²) >= 11 is 0. The van der Waals surface area contributed by atoms with Crippen LogP contribution in [-0.4, -0.2) is 41.4 Å². The Morgan fingerprint density at radius 3 is 2.29 bits per heavy atom. The second-order valence-electron chi connectivity index (χ2n) is 2.93. The van der Waals surface area contributed by atoms with E-state index in [1.54, 1.807) is 18.3 Å². The molecule has 5 nitrogen and oxygen atoms in total. The molecule has 0 saturated carbocycles. The molecule has 0 atom stereocenters. The van der Waals surface area contributed by atoms with Gasteiger partial charge in [0.05, 0.1) is 0 Å². The standard InChI is InChI=1S/C5H5NO.C4H10N2O/c7-5-3-1-2-4-6-5;7-6-3-1-5-2-4-6/h1-4H,(H,6,7);5,7H,1-4H2. The molecule has 0 bridgehead atoms. The Balaban J connectivity index is 0.000000140. The minimum absolute atomic E-state index is 0.0532. The first-order valence-electron chi connectivity index (χ1n) is 4.57. The maximum atomic E-state index is 10.2. The summed E-state index contributed by atoms with van der Waals surface area (Å²) in [6.07, 6.45) is 1.60. The van der Waals surface area contributed by atoms with Gasteiger partial charge in [-0.25, -0.2) is 0 Å². The lowest BCUT2D eigenvalue weighted by Crippen LogP contribution is -2.41. The summed E-state index contributed by atoms with van der Waals surface area (Å²) in [6.45, 7) is 3.35. The van der Waals surface area contributed by atoms with Crippen molar-refractivity contribution in [3.63, 3.8) is 0 Å². The Kier molecular flexibility index (Phi) is 4.92. The number of rotatable bonds is 0. The molecule has 0 aromatic carbocycles. The van der Waals surface area contributed by atoms with Crippen molar-refractivity contribution < 1.29 is 5.21 Å². The Morgan fingerprint density at radius 1 is 1.29 bits per heavy atom. The fourth-order valence-corrected chi connectivity index (χ4v) is 1.03. The zero-order valence-electron chi connectivity index (χ0n) is 7.94. The summed E-state index contributed by atoms with van der Waals surface area (Å²) in [4.78, 5) is 12.7. The highest BCUT2D eigenvalue weighted by Crippen LogP contribution is 1.82. The molecule has 1 aromatic heterocycles. The molecular weight excluding hydrogens is 182 g/mol. The van der Waals surface area contributed by atoms with Crippen LogP contribution in [0.5, 0.6) is 0 Å². The molecule has 78 valence electrons. The number of hydroxylamine groups is 2. The average Bonchev–Trinajstić information content (AvgIpc) is 2.21. The van der Waals surface area contributed by atoms with Crippen LogP contribution in [0.15, 0.2) is 29.2 Å². The number of nitrogens with one attached hydrogen (secondary N) is 2. The van der Waals surface area contributed by atoms with Crippen molar-refractivity contribution in [3.8, 4) is 0 Å². The van der Waals surface area contributed by atoms with E-state index >= 15 is 0 Å². The number of H-pyrrole nitrogens is 1. The van der Waals surface area contributed by atoms with Gasteiger partial charge in [0, 0.05) is 38.4 Å². The van der Waals surface area contributed by atoms with Crippen molar-refractivity contribution in [2.75, 3.05) is 26.2 Å². The minimum Gasteiger partial charge on any atom is -0.329 e. The number of hydrogen-bond donors (Lipinski definition) is 3. The molecule has 0 aliphatic carbocycles. The molecule has 0 amide bonds. The first-order valence-corrected chi connectivity index (χ1v) is 4.57. The lowest BCUT2D eigenvalue weighted by molar-refractivity contribution is -0.0976. The van der Waals surface area contributed by atoms with Crippen LogP contribution in [0.4, 0.5) is 0 Å². The smallest absolute Gasteiger partial charge is 0.247 e. The lowest BCUT2D eigenvalue weighted by atomic mass is 10.4. The fraction of sp³-hybridized carbons (Fsp3) is 0.444. The quantitative estimate of drug-likeness (QED) is 0.532. The van der Waals surface area contributed by atoms with Gasteiger partial charge in [-0.3, -0.25) is 4.79 Å². The first-order chi connectivity index (χ1) is 6.79. The van der Waals surface area contributed by atoms with Crippen molar-refractivity contribution in [1.82, 2.24) is 15.4 Å². The molecule has 1 saturated heterocycles. The van der Waals surface area contributed by atoms with Crippen molar-refractivity contribution in [2.24, 2.45) is 0 Å². The molecule has 1 aliphatic heterocycles. The summed E-state index contributed by atoms with van der Waals surface area (Å²) in [6, 6.07) is 4.93. The molecule has 1 fully saturated rings. The van der Waals surface area contributed by atoms with Gasteiger partial charge < -0.3 is 15.5 Å². The zero-order valence-corrected chi connectivity index (χ0v) is 7.94. The number of pyridine rings is 1. The molecule has 5 heteroatoms.